The average Bonchev–Trinajstić information content (AvgIpc) is 2.71. The highest BCUT2D eigenvalue weighted by atomic mass is 16.5. The molecule has 3 rings (SSSR count). The minimum Gasteiger partial charge on any atom is -0.497 e. The van der Waals surface area contributed by atoms with Crippen LogP contribution in [0.4, 0.5) is 17.2 Å². The fraction of sp³-hybridized carbons (Fsp3) is 0.190. The van der Waals surface area contributed by atoms with Gasteiger partial charge >= 0.3 is 0 Å². The number of aryl methyl sites for hydroxylation is 2. The molecule has 1 heterocycles. The number of nitrogens with one attached hydrogen (secondary N) is 2. The summed E-state index contributed by atoms with van der Waals surface area (Å²) in [7, 11) is 3.10. The maximum atomic E-state index is 12.7. The van der Waals surface area contributed by atoms with E-state index < -0.39 is 0 Å². The smallest absolute Gasteiger partial charge is 0.274 e. The van der Waals surface area contributed by atoms with Gasteiger partial charge in [0.05, 0.1) is 19.9 Å². The zero-order valence-corrected chi connectivity index (χ0v) is 16.2. The van der Waals surface area contributed by atoms with Gasteiger partial charge in [-0.3, -0.25) is 4.79 Å². The SMILES string of the molecule is COc1ccc(OC)c(NC(=O)c2cc(Nc3c(C)cccc3C)ncn2)c1. The largest absolute Gasteiger partial charge is 0.497 e. The molecule has 2 aromatic carbocycles. The third-order valence-electron chi connectivity index (χ3n) is 4.29. The van der Waals surface area contributed by atoms with Crippen molar-refractivity contribution in [3.63, 3.8) is 0 Å². The number of para-hydroxylation sites is 1. The van der Waals surface area contributed by atoms with Gasteiger partial charge in [-0.2, -0.15) is 0 Å². The van der Waals surface area contributed by atoms with Gasteiger partial charge in [-0.25, -0.2) is 9.97 Å². The van der Waals surface area contributed by atoms with E-state index in [0.29, 0.717) is 23.0 Å². The zero-order valence-electron chi connectivity index (χ0n) is 16.2. The molecule has 0 saturated heterocycles. The summed E-state index contributed by atoms with van der Waals surface area (Å²) in [6, 6.07) is 12.8. The highest BCUT2D eigenvalue weighted by molar-refractivity contribution is 6.04. The van der Waals surface area contributed by atoms with E-state index in [0.717, 1.165) is 16.8 Å². The summed E-state index contributed by atoms with van der Waals surface area (Å²) in [5.74, 6) is 1.29. The first kappa shape index (κ1) is 19.2. The number of benzene rings is 2. The molecule has 0 aliphatic carbocycles. The minimum atomic E-state index is -0.376. The van der Waals surface area contributed by atoms with Crippen LogP contribution < -0.4 is 20.1 Å². The summed E-state index contributed by atoms with van der Waals surface area (Å²) >= 11 is 0. The molecule has 1 amide bonds. The van der Waals surface area contributed by atoms with Crippen LogP contribution >= 0.6 is 0 Å². The molecule has 7 heteroatoms. The van der Waals surface area contributed by atoms with Crippen LogP contribution in [0.1, 0.15) is 21.6 Å². The van der Waals surface area contributed by atoms with Crippen molar-refractivity contribution in [2.75, 3.05) is 24.9 Å². The van der Waals surface area contributed by atoms with Crippen LogP contribution in [0, 0.1) is 13.8 Å². The number of nitrogens with zero attached hydrogens (tertiary/aromatic N) is 2. The predicted molar refractivity (Wildman–Crippen MR) is 109 cm³/mol. The molecule has 0 atom stereocenters. The fourth-order valence-electron chi connectivity index (χ4n) is 2.79. The van der Waals surface area contributed by atoms with E-state index >= 15 is 0 Å². The first-order chi connectivity index (χ1) is 13.5. The van der Waals surface area contributed by atoms with Gasteiger partial charge in [0.2, 0.25) is 0 Å². The third kappa shape index (κ3) is 4.20. The second-order valence-corrected chi connectivity index (χ2v) is 6.20. The molecule has 0 bridgehead atoms. The molecule has 7 nitrogen and oxygen atoms in total. The number of rotatable bonds is 6. The quantitative estimate of drug-likeness (QED) is 0.671. The summed E-state index contributed by atoms with van der Waals surface area (Å²) < 4.78 is 10.5. The highest BCUT2D eigenvalue weighted by Crippen LogP contribution is 2.29. The van der Waals surface area contributed by atoms with Gasteiger partial charge in [-0.15, -0.1) is 0 Å². The lowest BCUT2D eigenvalue weighted by atomic mass is 10.1. The summed E-state index contributed by atoms with van der Waals surface area (Å²) in [4.78, 5) is 21.0. The number of hydrogen-bond donors (Lipinski definition) is 2. The van der Waals surface area contributed by atoms with E-state index in [2.05, 4.69) is 20.6 Å². The maximum Gasteiger partial charge on any atom is 0.274 e. The molecule has 2 N–H and O–H groups in total. The molecule has 1 aromatic heterocycles. The summed E-state index contributed by atoms with van der Waals surface area (Å²) in [5.41, 5.74) is 3.86. The van der Waals surface area contributed by atoms with Gasteiger partial charge in [-0.05, 0) is 37.1 Å². The van der Waals surface area contributed by atoms with Crippen molar-refractivity contribution in [3.05, 3.63) is 65.6 Å². The van der Waals surface area contributed by atoms with Crippen molar-refractivity contribution < 1.29 is 14.3 Å². The number of hydrogen-bond acceptors (Lipinski definition) is 6. The highest BCUT2D eigenvalue weighted by Gasteiger charge is 2.14. The van der Waals surface area contributed by atoms with Gasteiger partial charge in [0.25, 0.3) is 5.91 Å². The molecular weight excluding hydrogens is 356 g/mol. The van der Waals surface area contributed by atoms with E-state index in [1.54, 1.807) is 31.4 Å². The van der Waals surface area contributed by atoms with Gasteiger partial charge in [0, 0.05) is 17.8 Å². The first-order valence-electron chi connectivity index (χ1n) is 8.70. The third-order valence-corrected chi connectivity index (χ3v) is 4.29. The lowest BCUT2D eigenvalue weighted by Crippen LogP contribution is -2.15. The molecule has 0 fully saturated rings. The first-order valence-corrected chi connectivity index (χ1v) is 8.70. The van der Waals surface area contributed by atoms with Gasteiger partial charge in [0.15, 0.2) is 0 Å². The van der Waals surface area contributed by atoms with E-state index in [1.165, 1.54) is 13.4 Å². The second kappa shape index (κ2) is 8.39. The zero-order chi connectivity index (χ0) is 20.1. The Labute approximate surface area is 163 Å². The van der Waals surface area contributed by atoms with Crippen molar-refractivity contribution in [2.24, 2.45) is 0 Å². The van der Waals surface area contributed by atoms with Crippen molar-refractivity contribution in [1.29, 1.82) is 0 Å². The van der Waals surface area contributed by atoms with Crippen molar-refractivity contribution in [3.8, 4) is 11.5 Å². The van der Waals surface area contributed by atoms with Crippen LogP contribution in [0.2, 0.25) is 0 Å². The molecule has 0 radical (unpaired) electrons. The Bertz CT molecular complexity index is 984. The normalized spacial score (nSPS) is 10.3. The molecule has 0 spiro atoms. The Balaban J connectivity index is 1.83. The van der Waals surface area contributed by atoms with Crippen molar-refractivity contribution in [2.45, 2.75) is 13.8 Å². The second-order valence-electron chi connectivity index (χ2n) is 6.20. The van der Waals surface area contributed by atoms with Crippen LogP contribution in [-0.4, -0.2) is 30.1 Å². The Morgan fingerprint density at radius 1 is 0.964 bits per heavy atom. The molecule has 0 unspecified atom stereocenters. The van der Waals surface area contributed by atoms with E-state index in [9.17, 15) is 4.79 Å². The summed E-state index contributed by atoms with van der Waals surface area (Å²) in [5, 5.41) is 6.07. The topological polar surface area (TPSA) is 85.4 Å². The molecule has 144 valence electrons. The predicted octanol–water partition coefficient (Wildman–Crippen LogP) is 4.11. The Kier molecular flexibility index (Phi) is 5.74. The number of anilines is 3. The average molecular weight is 378 g/mol. The number of carbonyl (C=O) groups excluding carboxylic acids is 1. The molecule has 0 aliphatic rings. The Morgan fingerprint density at radius 3 is 2.39 bits per heavy atom. The number of aromatic nitrogens is 2. The Morgan fingerprint density at radius 2 is 1.71 bits per heavy atom. The van der Waals surface area contributed by atoms with Gasteiger partial charge < -0.3 is 20.1 Å². The standard InChI is InChI=1S/C21H22N4O3/c1-13-6-5-7-14(2)20(13)25-19-11-17(22-12-23-19)21(26)24-16-10-15(27-3)8-9-18(16)28-4/h5-12H,1-4H3,(H,24,26)(H,22,23,25). The van der Waals surface area contributed by atoms with Crippen molar-refractivity contribution >= 4 is 23.1 Å². The lowest BCUT2D eigenvalue weighted by Gasteiger charge is -2.13. The summed E-state index contributed by atoms with van der Waals surface area (Å²) in [6.45, 7) is 4.03. The monoisotopic (exact) mass is 378 g/mol. The molecule has 28 heavy (non-hydrogen) atoms. The minimum absolute atomic E-state index is 0.230. The molecule has 0 saturated carbocycles. The summed E-state index contributed by atoms with van der Waals surface area (Å²) in [6.07, 6.45) is 1.35. The van der Waals surface area contributed by atoms with Gasteiger partial charge in [0.1, 0.15) is 29.3 Å². The van der Waals surface area contributed by atoms with Crippen LogP contribution in [0.25, 0.3) is 0 Å². The number of carbonyl (C=O) groups is 1. The van der Waals surface area contributed by atoms with Crippen LogP contribution in [0.15, 0.2) is 48.8 Å². The number of amides is 1. The van der Waals surface area contributed by atoms with E-state index in [-0.39, 0.29) is 11.6 Å². The lowest BCUT2D eigenvalue weighted by molar-refractivity contribution is 0.102. The van der Waals surface area contributed by atoms with Crippen LogP contribution in [0.5, 0.6) is 11.5 Å². The maximum absolute atomic E-state index is 12.7. The van der Waals surface area contributed by atoms with Crippen LogP contribution in [-0.2, 0) is 0 Å². The number of ether oxygens (including phenoxy) is 2. The molecule has 3 aromatic rings. The fourth-order valence-corrected chi connectivity index (χ4v) is 2.79. The Hall–Kier alpha value is -3.61. The van der Waals surface area contributed by atoms with Crippen molar-refractivity contribution in [1.82, 2.24) is 9.97 Å². The molecular formula is C21H22N4O3. The van der Waals surface area contributed by atoms with E-state index in [1.807, 2.05) is 32.0 Å². The van der Waals surface area contributed by atoms with Crippen LogP contribution in [0.3, 0.4) is 0 Å². The van der Waals surface area contributed by atoms with Gasteiger partial charge in [-0.1, -0.05) is 18.2 Å². The molecule has 0 aliphatic heterocycles. The number of methoxy groups -OCH3 is 2. The van der Waals surface area contributed by atoms with E-state index in [4.69, 9.17) is 9.47 Å².